The molecule has 36 heavy (non-hydrogen) atoms. The van der Waals surface area contributed by atoms with Gasteiger partial charge in [0.15, 0.2) is 0 Å². The van der Waals surface area contributed by atoms with Gasteiger partial charge in [-0.2, -0.15) is 61.5 Å². The molecule has 0 atom stereocenters. The van der Waals surface area contributed by atoms with Crippen molar-refractivity contribution >= 4 is 0 Å². The minimum Gasteiger partial charge on any atom is -0.396 e. The molecule has 0 aliphatic rings. The van der Waals surface area contributed by atoms with E-state index in [1.807, 2.05) is 0 Å². The third kappa shape index (κ3) is 6.49. The van der Waals surface area contributed by atoms with Crippen LogP contribution < -0.4 is 0 Å². The average molecular weight is 566 g/mol. The van der Waals surface area contributed by atoms with Crippen LogP contribution in [-0.2, 0) is 0 Å². The average Bonchev–Trinajstić information content (AvgIpc) is 2.75. The second-order valence-electron chi connectivity index (χ2n) is 8.57. The lowest BCUT2D eigenvalue weighted by molar-refractivity contribution is -0.442. The lowest BCUT2D eigenvalue weighted by atomic mass is 9.86. The van der Waals surface area contributed by atoms with Crippen molar-refractivity contribution in [2.75, 3.05) is 13.2 Å². The molecule has 2 nitrogen and oxygen atoms in total. The van der Waals surface area contributed by atoms with Gasteiger partial charge in [0.2, 0.25) is 0 Å². The van der Waals surface area contributed by atoms with Crippen molar-refractivity contribution in [2.45, 2.75) is 106 Å². The van der Waals surface area contributed by atoms with Crippen LogP contribution in [0.25, 0.3) is 0 Å². The van der Waals surface area contributed by atoms with Crippen LogP contribution in [0.5, 0.6) is 0 Å². The van der Waals surface area contributed by atoms with Crippen LogP contribution in [0.3, 0.4) is 0 Å². The number of aliphatic hydroxyl groups excluding tert-OH is 2. The second kappa shape index (κ2) is 12.2. The molecule has 0 aromatic heterocycles. The van der Waals surface area contributed by atoms with Gasteiger partial charge in [-0.25, -0.2) is 0 Å². The fraction of sp³-hybridized carbons (Fsp3) is 1.00. The molecule has 0 spiro atoms. The molecule has 0 radical (unpaired) electrons. The molecule has 0 fully saturated rings. The van der Waals surface area contributed by atoms with Gasteiger partial charge < -0.3 is 10.2 Å². The van der Waals surface area contributed by atoms with Crippen molar-refractivity contribution in [1.29, 1.82) is 0 Å². The van der Waals surface area contributed by atoms with E-state index in [1.54, 1.807) is 6.92 Å². The number of hydrogen-bond acceptors (Lipinski definition) is 2. The molecule has 0 aliphatic heterocycles. The maximum atomic E-state index is 13.9. The van der Waals surface area contributed by atoms with Crippen LogP contribution in [0.15, 0.2) is 0 Å². The lowest BCUT2D eigenvalue weighted by Gasteiger charge is -2.42. The third-order valence-corrected chi connectivity index (χ3v) is 5.71. The van der Waals surface area contributed by atoms with Crippen LogP contribution in [-0.4, -0.2) is 64.9 Å². The fourth-order valence-corrected chi connectivity index (χ4v) is 3.17. The molecule has 218 valence electrons. The van der Waals surface area contributed by atoms with Gasteiger partial charge >= 0.3 is 41.5 Å². The van der Waals surface area contributed by atoms with Gasteiger partial charge in [-0.05, 0) is 19.3 Å². The van der Waals surface area contributed by atoms with E-state index in [1.165, 1.54) is 0 Å². The first-order chi connectivity index (χ1) is 16.1. The minimum atomic E-state index is -8.05. The highest BCUT2D eigenvalue weighted by Gasteiger charge is 2.92. The van der Waals surface area contributed by atoms with Crippen molar-refractivity contribution in [1.82, 2.24) is 0 Å². The summed E-state index contributed by atoms with van der Waals surface area (Å²) in [6, 6.07) is 0. The Morgan fingerprint density at radius 1 is 0.472 bits per heavy atom. The normalized spacial score (nSPS) is 15.2. The summed E-state index contributed by atoms with van der Waals surface area (Å²) in [4.78, 5) is 0. The Hall–Kier alpha value is -1.06. The van der Waals surface area contributed by atoms with Gasteiger partial charge in [0.1, 0.15) is 0 Å². The van der Waals surface area contributed by atoms with Gasteiger partial charge in [-0.15, -0.1) is 0 Å². The van der Waals surface area contributed by atoms with Crippen LogP contribution >= 0.6 is 0 Å². The van der Waals surface area contributed by atoms with Crippen LogP contribution in [0.4, 0.5) is 61.5 Å². The maximum Gasteiger partial charge on any atom is 0.384 e. The summed E-state index contributed by atoms with van der Waals surface area (Å²) in [5.41, 5.74) is 0. The number of alkyl halides is 14. The number of rotatable bonds is 18. The maximum absolute atomic E-state index is 13.9. The van der Waals surface area contributed by atoms with Gasteiger partial charge in [0, 0.05) is 32.0 Å². The Morgan fingerprint density at radius 2 is 0.806 bits per heavy atom. The molecule has 16 heteroatoms. The summed E-state index contributed by atoms with van der Waals surface area (Å²) >= 11 is 0. The molecule has 0 aliphatic carbocycles. The standard InChI is InChI=1S/C20H28F14O2/c1-2-3-4-5-6-9-14(21,22)16(25,26)18(29,30)20(33,34)19(31,32)17(27,28)15(23,24)10-7-8-13(11-35)12-36/h13,35-36H,2-12H2,1H3. The Balaban J connectivity index is 6.00. The van der Waals surface area contributed by atoms with Gasteiger partial charge in [0.05, 0.1) is 0 Å². The van der Waals surface area contributed by atoms with Crippen LogP contribution in [0, 0.1) is 5.92 Å². The second-order valence-corrected chi connectivity index (χ2v) is 8.57. The van der Waals surface area contributed by atoms with Crippen molar-refractivity contribution < 1.29 is 71.7 Å². The third-order valence-electron chi connectivity index (χ3n) is 5.71. The predicted octanol–water partition coefficient (Wildman–Crippen LogP) is 7.57. The van der Waals surface area contributed by atoms with E-state index < -0.39 is 92.7 Å². The summed E-state index contributed by atoms with van der Waals surface area (Å²) in [7, 11) is 0. The Morgan fingerprint density at radius 3 is 1.17 bits per heavy atom. The molecule has 0 rings (SSSR count). The number of aliphatic hydroxyl groups is 2. The molecule has 0 heterocycles. The summed E-state index contributed by atoms with van der Waals surface area (Å²) in [6.07, 6.45) is -6.60. The fourth-order valence-electron chi connectivity index (χ4n) is 3.17. The molecule has 0 amide bonds. The molecule has 0 bridgehead atoms. The predicted molar refractivity (Wildman–Crippen MR) is 99.5 cm³/mol. The van der Waals surface area contributed by atoms with E-state index in [4.69, 9.17) is 10.2 Å². The smallest absolute Gasteiger partial charge is 0.384 e. The highest BCUT2D eigenvalue weighted by Crippen LogP contribution is 2.63. The molecule has 0 unspecified atom stereocenters. The molecule has 0 aromatic carbocycles. The molecule has 0 saturated heterocycles. The number of hydrogen-bond donors (Lipinski definition) is 2. The highest BCUT2D eigenvalue weighted by molar-refractivity contribution is 5.14. The van der Waals surface area contributed by atoms with Gasteiger partial charge in [-0.1, -0.05) is 32.6 Å². The number of unbranched alkanes of at least 4 members (excludes halogenated alkanes) is 4. The zero-order valence-corrected chi connectivity index (χ0v) is 19.0. The first kappa shape index (κ1) is 34.9. The van der Waals surface area contributed by atoms with E-state index in [-0.39, 0.29) is 12.8 Å². The monoisotopic (exact) mass is 566 g/mol. The topological polar surface area (TPSA) is 40.5 Å². The Kier molecular flexibility index (Phi) is 11.8. The van der Waals surface area contributed by atoms with Crippen LogP contribution in [0.2, 0.25) is 0 Å². The largest absolute Gasteiger partial charge is 0.396 e. The van der Waals surface area contributed by atoms with E-state index >= 15 is 0 Å². The summed E-state index contributed by atoms with van der Waals surface area (Å²) in [6.45, 7) is -0.0898. The summed E-state index contributed by atoms with van der Waals surface area (Å²) in [5.74, 6) is -52.1. The SMILES string of the molecule is CCCCCCCC(F)(F)C(F)(F)C(F)(F)C(F)(F)C(F)(F)C(F)(F)C(F)(F)CCCC(CO)CO. The summed E-state index contributed by atoms with van der Waals surface area (Å²) in [5, 5.41) is 17.5. The summed E-state index contributed by atoms with van der Waals surface area (Å²) < 4.78 is 194. The van der Waals surface area contributed by atoms with Crippen molar-refractivity contribution in [2.24, 2.45) is 5.92 Å². The molecule has 0 saturated carbocycles. The lowest BCUT2D eigenvalue weighted by Crippen LogP contribution is -2.73. The Labute approximate surface area is 198 Å². The zero-order chi connectivity index (χ0) is 28.9. The van der Waals surface area contributed by atoms with Gasteiger partial charge in [-0.3, -0.25) is 0 Å². The van der Waals surface area contributed by atoms with Crippen LogP contribution in [0.1, 0.15) is 64.7 Å². The first-order valence-corrected chi connectivity index (χ1v) is 10.9. The molecule has 2 N–H and O–H groups in total. The van der Waals surface area contributed by atoms with E-state index in [0.717, 1.165) is 0 Å². The minimum absolute atomic E-state index is 0.154. The number of halogens is 14. The quantitative estimate of drug-likeness (QED) is 0.133. The highest BCUT2D eigenvalue weighted by atomic mass is 19.4. The van der Waals surface area contributed by atoms with E-state index in [9.17, 15) is 61.5 Å². The van der Waals surface area contributed by atoms with Crippen molar-refractivity contribution in [3.05, 3.63) is 0 Å². The molecule has 0 aromatic rings. The van der Waals surface area contributed by atoms with E-state index in [2.05, 4.69) is 0 Å². The zero-order valence-electron chi connectivity index (χ0n) is 19.0. The molecular formula is C20H28F14O2. The van der Waals surface area contributed by atoms with Crippen molar-refractivity contribution in [3.63, 3.8) is 0 Å². The van der Waals surface area contributed by atoms with Crippen molar-refractivity contribution in [3.8, 4) is 0 Å². The Bertz CT molecular complexity index is 663. The van der Waals surface area contributed by atoms with Gasteiger partial charge in [0.25, 0.3) is 0 Å². The molecular weight excluding hydrogens is 538 g/mol. The first-order valence-electron chi connectivity index (χ1n) is 10.9. The van der Waals surface area contributed by atoms with E-state index in [0.29, 0.717) is 12.8 Å².